The predicted octanol–water partition coefficient (Wildman–Crippen LogP) is 2.03. The molecule has 0 amide bonds. The first-order chi connectivity index (χ1) is 6.15. The summed E-state index contributed by atoms with van der Waals surface area (Å²) < 4.78 is 5.67. The molecule has 0 aliphatic rings. The first-order valence-electron chi connectivity index (χ1n) is 3.31. The van der Waals surface area contributed by atoms with Gasteiger partial charge in [0, 0.05) is 5.30 Å². The SMILES string of the molecule is OP(O)c1ccc(OCI)c(Cl)c1. The van der Waals surface area contributed by atoms with Gasteiger partial charge >= 0.3 is 0 Å². The average Bonchev–Trinajstić information content (AvgIpc) is 2.08. The van der Waals surface area contributed by atoms with Gasteiger partial charge in [0.15, 0.2) is 8.38 Å². The minimum atomic E-state index is -2.08. The summed E-state index contributed by atoms with van der Waals surface area (Å²) in [6.07, 6.45) is 0. The zero-order chi connectivity index (χ0) is 9.84. The molecule has 6 heteroatoms. The Kier molecular flexibility index (Phi) is 4.69. The molecule has 0 unspecified atom stereocenters. The first kappa shape index (κ1) is 11.5. The highest BCUT2D eigenvalue weighted by molar-refractivity contribution is 14.1. The summed E-state index contributed by atoms with van der Waals surface area (Å²) in [6.45, 7) is 0. The Labute approximate surface area is 95.7 Å². The van der Waals surface area contributed by atoms with E-state index in [-0.39, 0.29) is 0 Å². The number of halogens is 2. The van der Waals surface area contributed by atoms with E-state index in [9.17, 15) is 0 Å². The van der Waals surface area contributed by atoms with Crippen LogP contribution in [0, 0.1) is 0 Å². The van der Waals surface area contributed by atoms with Gasteiger partial charge in [-0.2, -0.15) is 0 Å². The lowest BCUT2D eigenvalue weighted by Gasteiger charge is -2.07. The Bertz CT molecular complexity index is 295. The monoisotopic (exact) mass is 332 g/mol. The highest BCUT2D eigenvalue weighted by Crippen LogP contribution is 2.29. The van der Waals surface area contributed by atoms with Crippen molar-refractivity contribution < 1.29 is 14.5 Å². The van der Waals surface area contributed by atoms with Gasteiger partial charge in [-0.1, -0.05) is 11.6 Å². The summed E-state index contributed by atoms with van der Waals surface area (Å²) in [6, 6.07) is 4.70. The molecule has 0 fully saturated rings. The highest BCUT2D eigenvalue weighted by Gasteiger charge is 2.07. The van der Waals surface area contributed by atoms with Crippen molar-refractivity contribution in [3.8, 4) is 5.75 Å². The molecule has 2 N–H and O–H groups in total. The normalized spacial score (nSPS) is 10.5. The standard InChI is InChI=1S/C7H7ClIO3P/c8-6-3-5(13(10)11)1-2-7(6)12-4-9/h1-3,10-11H,4H2. The van der Waals surface area contributed by atoms with E-state index in [2.05, 4.69) is 22.6 Å². The molecule has 13 heavy (non-hydrogen) atoms. The van der Waals surface area contributed by atoms with Crippen LogP contribution in [-0.4, -0.2) is 14.4 Å². The van der Waals surface area contributed by atoms with Crippen LogP contribution in [0.15, 0.2) is 18.2 Å². The van der Waals surface area contributed by atoms with Gasteiger partial charge in [-0.05, 0) is 40.8 Å². The van der Waals surface area contributed by atoms with Crippen molar-refractivity contribution in [3.05, 3.63) is 23.2 Å². The van der Waals surface area contributed by atoms with Gasteiger partial charge < -0.3 is 14.5 Å². The zero-order valence-corrected chi connectivity index (χ0v) is 10.3. The van der Waals surface area contributed by atoms with Gasteiger partial charge in [0.25, 0.3) is 0 Å². The van der Waals surface area contributed by atoms with Gasteiger partial charge in [-0.15, -0.1) is 0 Å². The lowest BCUT2D eigenvalue weighted by Crippen LogP contribution is -2.00. The number of hydrogen-bond acceptors (Lipinski definition) is 3. The molecule has 0 atom stereocenters. The lowest BCUT2D eigenvalue weighted by molar-refractivity contribution is 0.404. The number of alkyl halides is 1. The van der Waals surface area contributed by atoms with Gasteiger partial charge in [-0.3, -0.25) is 0 Å². The van der Waals surface area contributed by atoms with E-state index in [1.165, 1.54) is 6.07 Å². The van der Waals surface area contributed by atoms with E-state index in [4.69, 9.17) is 26.1 Å². The minimum Gasteiger partial charge on any atom is -0.482 e. The van der Waals surface area contributed by atoms with Crippen LogP contribution in [0.2, 0.25) is 5.02 Å². The molecule has 0 heterocycles. The van der Waals surface area contributed by atoms with Gasteiger partial charge in [0.05, 0.1) is 5.02 Å². The highest BCUT2D eigenvalue weighted by atomic mass is 127. The molecule has 1 aromatic rings. The molecule has 0 aliphatic carbocycles. The van der Waals surface area contributed by atoms with Crippen LogP contribution in [0.4, 0.5) is 0 Å². The largest absolute Gasteiger partial charge is 0.482 e. The van der Waals surface area contributed by atoms with Crippen LogP contribution in [0.25, 0.3) is 0 Å². The maximum absolute atomic E-state index is 8.89. The Morgan fingerprint density at radius 3 is 2.62 bits per heavy atom. The van der Waals surface area contributed by atoms with E-state index in [1.54, 1.807) is 12.1 Å². The Balaban J connectivity index is 2.92. The van der Waals surface area contributed by atoms with Crippen LogP contribution >= 0.6 is 42.6 Å². The molecular weight excluding hydrogens is 325 g/mol. The van der Waals surface area contributed by atoms with E-state index in [0.29, 0.717) is 20.7 Å². The van der Waals surface area contributed by atoms with Crippen molar-refractivity contribution in [2.24, 2.45) is 0 Å². The van der Waals surface area contributed by atoms with Crippen molar-refractivity contribution in [1.82, 2.24) is 0 Å². The Morgan fingerprint density at radius 2 is 2.15 bits per heavy atom. The average molecular weight is 332 g/mol. The molecule has 0 aliphatic heterocycles. The number of benzene rings is 1. The van der Waals surface area contributed by atoms with Gasteiger partial charge in [0.2, 0.25) is 0 Å². The van der Waals surface area contributed by atoms with E-state index >= 15 is 0 Å². The molecule has 0 radical (unpaired) electrons. The fraction of sp³-hybridized carbons (Fsp3) is 0.143. The summed E-state index contributed by atoms with van der Waals surface area (Å²) >= 11 is 7.87. The Hall–Kier alpha value is 0.390. The minimum absolute atomic E-state index is 0.393. The zero-order valence-electron chi connectivity index (χ0n) is 6.44. The van der Waals surface area contributed by atoms with Crippen molar-refractivity contribution in [1.29, 1.82) is 0 Å². The number of hydrogen-bond donors (Lipinski definition) is 2. The van der Waals surface area contributed by atoms with Crippen LogP contribution in [-0.2, 0) is 0 Å². The third kappa shape index (κ3) is 3.22. The molecule has 72 valence electrons. The summed E-state index contributed by atoms with van der Waals surface area (Å²) in [7, 11) is -2.08. The van der Waals surface area contributed by atoms with Crippen molar-refractivity contribution in [3.63, 3.8) is 0 Å². The fourth-order valence-corrected chi connectivity index (χ4v) is 1.89. The van der Waals surface area contributed by atoms with Crippen molar-refractivity contribution >= 4 is 47.9 Å². The summed E-state index contributed by atoms with van der Waals surface area (Å²) in [5.74, 6) is 0.552. The van der Waals surface area contributed by atoms with Crippen molar-refractivity contribution in [2.75, 3.05) is 4.61 Å². The smallest absolute Gasteiger partial charge is 0.199 e. The first-order valence-corrected chi connectivity index (χ1v) is 6.46. The second-order valence-electron chi connectivity index (χ2n) is 2.16. The van der Waals surface area contributed by atoms with E-state index < -0.39 is 8.38 Å². The molecule has 0 saturated heterocycles. The third-order valence-electron chi connectivity index (χ3n) is 1.36. The van der Waals surface area contributed by atoms with E-state index in [0.717, 1.165) is 0 Å². The summed E-state index contributed by atoms with van der Waals surface area (Å²) in [4.78, 5) is 17.8. The van der Waals surface area contributed by atoms with Crippen molar-refractivity contribution in [2.45, 2.75) is 0 Å². The quantitative estimate of drug-likeness (QED) is 0.506. The van der Waals surface area contributed by atoms with Crippen LogP contribution in [0.1, 0.15) is 0 Å². The van der Waals surface area contributed by atoms with E-state index in [1.807, 2.05) is 0 Å². The Morgan fingerprint density at radius 1 is 1.46 bits per heavy atom. The van der Waals surface area contributed by atoms with Crippen LogP contribution < -0.4 is 10.0 Å². The van der Waals surface area contributed by atoms with Gasteiger partial charge in [-0.25, -0.2) is 0 Å². The topological polar surface area (TPSA) is 49.7 Å². The maximum Gasteiger partial charge on any atom is 0.199 e. The molecule has 0 bridgehead atoms. The maximum atomic E-state index is 8.89. The summed E-state index contributed by atoms with van der Waals surface area (Å²) in [5.41, 5.74) is 0. The molecule has 3 nitrogen and oxygen atoms in total. The molecule has 0 aromatic heterocycles. The molecule has 1 aromatic carbocycles. The van der Waals surface area contributed by atoms with Gasteiger partial charge in [0.1, 0.15) is 10.4 Å². The number of rotatable bonds is 3. The predicted molar refractivity (Wildman–Crippen MR) is 62.0 cm³/mol. The second kappa shape index (κ2) is 5.32. The third-order valence-corrected chi connectivity index (χ3v) is 2.70. The molecular formula is C7H7ClIO3P. The number of ether oxygens (including phenoxy) is 1. The molecule has 1 rings (SSSR count). The van der Waals surface area contributed by atoms with Crippen LogP contribution in [0.5, 0.6) is 5.75 Å². The fourth-order valence-electron chi connectivity index (χ4n) is 0.790. The molecule has 0 spiro atoms. The second-order valence-corrected chi connectivity index (χ2v) is 4.28. The molecule has 0 saturated carbocycles. The lowest BCUT2D eigenvalue weighted by atomic mass is 10.3. The summed E-state index contributed by atoms with van der Waals surface area (Å²) in [5, 5.41) is 0.811. The van der Waals surface area contributed by atoms with Crippen LogP contribution in [0.3, 0.4) is 0 Å².